The van der Waals surface area contributed by atoms with E-state index in [0.29, 0.717) is 6.42 Å². The molecule has 0 bridgehead atoms. The lowest BCUT2D eigenvalue weighted by molar-refractivity contribution is -0.117. The van der Waals surface area contributed by atoms with Crippen LogP contribution >= 0.6 is 0 Å². The summed E-state index contributed by atoms with van der Waals surface area (Å²) in [6, 6.07) is 0. The normalized spacial score (nSPS) is 10.7. The molecule has 0 atom stereocenters. The second-order valence-electron chi connectivity index (χ2n) is 3.23. The van der Waals surface area contributed by atoms with Crippen LogP contribution in [0.3, 0.4) is 0 Å². The summed E-state index contributed by atoms with van der Waals surface area (Å²) in [5.41, 5.74) is 0. The summed E-state index contributed by atoms with van der Waals surface area (Å²) in [6.45, 7) is 2.65. The summed E-state index contributed by atoms with van der Waals surface area (Å²) in [7, 11) is 1.88. The van der Waals surface area contributed by atoms with Gasteiger partial charge in [0.2, 0.25) is 0 Å². The minimum absolute atomic E-state index is 0.118. The number of hydrogen-bond donors (Lipinski definition) is 1. The van der Waals surface area contributed by atoms with Crippen molar-refractivity contribution in [3.05, 3.63) is 0 Å². The lowest BCUT2D eigenvalue weighted by atomic mass is 10.1. The Morgan fingerprint density at radius 1 is 1.33 bits per heavy atom. The first-order chi connectivity index (χ1) is 5.66. The van der Waals surface area contributed by atoms with Crippen molar-refractivity contribution in [1.82, 2.24) is 4.90 Å². The predicted molar refractivity (Wildman–Crippen MR) is 48.9 cm³/mol. The Labute approximate surface area is 74.4 Å². The third kappa shape index (κ3) is 7.69. The van der Waals surface area contributed by atoms with Gasteiger partial charge in [-0.2, -0.15) is 0 Å². The number of aliphatic hydroxyl groups excluding tert-OH is 1. The van der Waals surface area contributed by atoms with E-state index in [1.165, 1.54) is 0 Å². The average molecular weight is 173 g/mol. The van der Waals surface area contributed by atoms with Crippen LogP contribution in [-0.4, -0.2) is 36.1 Å². The standard InChI is InChI=1S/C9H19NO2/c1-9(12)6-4-3-5-7-10(2)8-11/h11H,3-8H2,1-2H3. The van der Waals surface area contributed by atoms with Gasteiger partial charge < -0.3 is 9.90 Å². The first-order valence-electron chi connectivity index (χ1n) is 4.45. The van der Waals surface area contributed by atoms with Crippen LogP contribution in [0.15, 0.2) is 0 Å². The van der Waals surface area contributed by atoms with Crippen molar-refractivity contribution >= 4 is 5.78 Å². The lowest BCUT2D eigenvalue weighted by Crippen LogP contribution is -2.20. The molecule has 0 radical (unpaired) electrons. The van der Waals surface area contributed by atoms with Crippen LogP contribution in [0.5, 0.6) is 0 Å². The van der Waals surface area contributed by atoms with Gasteiger partial charge >= 0.3 is 0 Å². The van der Waals surface area contributed by atoms with Crippen LogP contribution < -0.4 is 0 Å². The number of nitrogens with zero attached hydrogens (tertiary/aromatic N) is 1. The Hall–Kier alpha value is -0.410. The maximum absolute atomic E-state index is 10.5. The van der Waals surface area contributed by atoms with E-state index in [4.69, 9.17) is 5.11 Å². The zero-order valence-corrected chi connectivity index (χ0v) is 8.05. The molecule has 0 aliphatic heterocycles. The number of carbonyl (C=O) groups is 1. The van der Waals surface area contributed by atoms with Gasteiger partial charge in [-0.3, -0.25) is 4.90 Å². The minimum atomic E-state index is 0.118. The van der Waals surface area contributed by atoms with Crippen LogP contribution in [0.1, 0.15) is 32.6 Å². The Bertz CT molecular complexity index is 126. The first kappa shape index (κ1) is 11.6. The van der Waals surface area contributed by atoms with Gasteiger partial charge in [0.1, 0.15) is 5.78 Å². The van der Waals surface area contributed by atoms with Gasteiger partial charge in [0.05, 0.1) is 6.73 Å². The highest BCUT2D eigenvalue weighted by molar-refractivity contribution is 5.75. The first-order valence-corrected chi connectivity index (χ1v) is 4.45. The quantitative estimate of drug-likeness (QED) is 0.461. The molecular weight excluding hydrogens is 154 g/mol. The smallest absolute Gasteiger partial charge is 0.129 e. The molecule has 0 saturated carbocycles. The summed E-state index contributed by atoms with van der Waals surface area (Å²) in [5, 5.41) is 8.65. The van der Waals surface area contributed by atoms with Crippen molar-refractivity contribution in [3.8, 4) is 0 Å². The van der Waals surface area contributed by atoms with E-state index in [9.17, 15) is 4.79 Å². The zero-order chi connectivity index (χ0) is 9.40. The fourth-order valence-corrected chi connectivity index (χ4v) is 1.00. The molecule has 0 aromatic carbocycles. The summed E-state index contributed by atoms with van der Waals surface area (Å²) >= 11 is 0. The minimum Gasteiger partial charge on any atom is -0.381 e. The molecule has 3 nitrogen and oxygen atoms in total. The van der Waals surface area contributed by atoms with E-state index in [2.05, 4.69) is 0 Å². The average Bonchev–Trinajstić information content (AvgIpc) is 2.03. The molecule has 72 valence electrons. The van der Waals surface area contributed by atoms with Crippen molar-refractivity contribution in [2.24, 2.45) is 0 Å². The lowest BCUT2D eigenvalue weighted by Gasteiger charge is -2.11. The van der Waals surface area contributed by atoms with E-state index >= 15 is 0 Å². The fraction of sp³-hybridized carbons (Fsp3) is 0.889. The maximum atomic E-state index is 10.5. The molecule has 0 aliphatic rings. The molecule has 12 heavy (non-hydrogen) atoms. The third-order valence-corrected chi connectivity index (χ3v) is 1.81. The van der Waals surface area contributed by atoms with Crippen LogP contribution in [-0.2, 0) is 4.79 Å². The number of ketones is 1. The van der Waals surface area contributed by atoms with Gasteiger partial charge in [0.15, 0.2) is 0 Å². The van der Waals surface area contributed by atoms with Crippen LogP contribution in [0.25, 0.3) is 0 Å². The highest BCUT2D eigenvalue weighted by Crippen LogP contribution is 2.00. The van der Waals surface area contributed by atoms with Crippen LogP contribution in [0.4, 0.5) is 0 Å². The summed E-state index contributed by atoms with van der Waals surface area (Å²) in [4.78, 5) is 12.4. The third-order valence-electron chi connectivity index (χ3n) is 1.81. The molecule has 3 heteroatoms. The van der Waals surface area contributed by atoms with Gasteiger partial charge in [0, 0.05) is 6.42 Å². The molecule has 0 fully saturated rings. The molecule has 0 aromatic rings. The maximum Gasteiger partial charge on any atom is 0.129 e. The van der Waals surface area contributed by atoms with Crippen molar-refractivity contribution in [1.29, 1.82) is 0 Å². The van der Waals surface area contributed by atoms with Crippen molar-refractivity contribution in [2.45, 2.75) is 32.6 Å². The van der Waals surface area contributed by atoms with E-state index < -0.39 is 0 Å². The predicted octanol–water partition coefficient (Wildman–Crippen LogP) is 1.02. The molecule has 0 aromatic heterocycles. The SMILES string of the molecule is CC(=O)CCCCCN(C)CO. The van der Waals surface area contributed by atoms with E-state index in [1.807, 2.05) is 11.9 Å². The Balaban J connectivity index is 3.05. The van der Waals surface area contributed by atoms with Crippen molar-refractivity contribution < 1.29 is 9.90 Å². The van der Waals surface area contributed by atoms with Crippen molar-refractivity contribution in [2.75, 3.05) is 20.3 Å². The number of aliphatic hydroxyl groups is 1. The molecule has 0 aliphatic carbocycles. The van der Waals surface area contributed by atoms with Gasteiger partial charge in [0.25, 0.3) is 0 Å². The summed E-state index contributed by atoms with van der Waals surface area (Å²) in [5.74, 6) is 0.269. The van der Waals surface area contributed by atoms with Gasteiger partial charge in [-0.25, -0.2) is 0 Å². The van der Waals surface area contributed by atoms with Crippen LogP contribution in [0, 0.1) is 0 Å². The summed E-state index contributed by atoms with van der Waals surface area (Å²) in [6.07, 6.45) is 3.81. The molecule has 0 saturated heterocycles. The fourth-order valence-electron chi connectivity index (χ4n) is 1.00. The Kier molecular flexibility index (Phi) is 7.00. The zero-order valence-electron chi connectivity index (χ0n) is 8.05. The van der Waals surface area contributed by atoms with Gasteiger partial charge in [-0.05, 0) is 33.4 Å². The van der Waals surface area contributed by atoms with E-state index in [0.717, 1.165) is 25.8 Å². The molecular formula is C9H19NO2. The largest absolute Gasteiger partial charge is 0.381 e. The van der Waals surface area contributed by atoms with Crippen LogP contribution in [0.2, 0.25) is 0 Å². The molecule has 1 N–H and O–H groups in total. The Morgan fingerprint density at radius 2 is 2.00 bits per heavy atom. The molecule has 0 heterocycles. The Morgan fingerprint density at radius 3 is 2.50 bits per heavy atom. The molecule has 0 amide bonds. The van der Waals surface area contributed by atoms with E-state index in [1.54, 1.807) is 6.92 Å². The van der Waals surface area contributed by atoms with Gasteiger partial charge in [-0.15, -0.1) is 0 Å². The number of hydrogen-bond acceptors (Lipinski definition) is 3. The summed E-state index contributed by atoms with van der Waals surface area (Å²) < 4.78 is 0. The second-order valence-corrected chi connectivity index (χ2v) is 3.23. The van der Waals surface area contributed by atoms with Crippen molar-refractivity contribution in [3.63, 3.8) is 0 Å². The molecule has 0 rings (SSSR count). The second kappa shape index (κ2) is 7.25. The number of carbonyl (C=O) groups excluding carboxylic acids is 1. The molecule has 0 unspecified atom stereocenters. The molecule has 0 spiro atoms. The monoisotopic (exact) mass is 173 g/mol. The van der Waals surface area contributed by atoms with E-state index in [-0.39, 0.29) is 12.5 Å². The number of unbranched alkanes of at least 4 members (excludes halogenated alkanes) is 2. The highest BCUT2D eigenvalue weighted by atomic mass is 16.3. The highest BCUT2D eigenvalue weighted by Gasteiger charge is 1.96. The number of Topliss-reactive ketones (excluding diaryl/α,β-unsaturated/α-hetero) is 1. The topological polar surface area (TPSA) is 40.5 Å². The van der Waals surface area contributed by atoms with Gasteiger partial charge in [-0.1, -0.05) is 6.42 Å². The number of rotatable bonds is 7.